The lowest BCUT2D eigenvalue weighted by Crippen LogP contribution is -2.40. The second kappa shape index (κ2) is 8.66. The molecule has 0 saturated heterocycles. The number of halogens is 2. The summed E-state index contributed by atoms with van der Waals surface area (Å²) in [5.74, 6) is -1.35. The Hall–Kier alpha value is -2.11. The number of carbonyl (C=O) groups excluding carboxylic acids is 2. The van der Waals surface area contributed by atoms with Crippen LogP contribution < -0.4 is 5.32 Å². The molecule has 1 aromatic carbocycles. The molecule has 7 heteroatoms. The van der Waals surface area contributed by atoms with Gasteiger partial charge in [0.1, 0.15) is 0 Å². The quantitative estimate of drug-likeness (QED) is 0.825. The van der Waals surface area contributed by atoms with Crippen LogP contribution in [0.4, 0.5) is 5.69 Å². The Bertz CT molecular complexity index is 723. The van der Waals surface area contributed by atoms with Crippen LogP contribution in [0.3, 0.4) is 0 Å². The average molecular weight is 366 g/mol. The average Bonchev–Trinajstić information content (AvgIpc) is 2.59. The molecule has 0 atom stereocenters. The van der Waals surface area contributed by atoms with Crippen molar-refractivity contribution in [1.82, 2.24) is 9.88 Å². The zero-order valence-electron chi connectivity index (χ0n) is 13.1. The summed E-state index contributed by atoms with van der Waals surface area (Å²) < 4.78 is 0. The smallest absolute Gasteiger partial charge is 0.313 e. The third kappa shape index (κ3) is 4.94. The van der Waals surface area contributed by atoms with Gasteiger partial charge in [0.2, 0.25) is 0 Å². The number of rotatable bonds is 5. The fourth-order valence-electron chi connectivity index (χ4n) is 2.13. The van der Waals surface area contributed by atoms with Crippen LogP contribution in [-0.2, 0) is 16.0 Å². The van der Waals surface area contributed by atoms with Crippen molar-refractivity contribution in [1.29, 1.82) is 0 Å². The normalized spacial score (nSPS) is 10.3. The molecular weight excluding hydrogens is 349 g/mol. The molecule has 0 fully saturated rings. The van der Waals surface area contributed by atoms with Gasteiger partial charge in [-0.05, 0) is 49.2 Å². The molecule has 2 rings (SSSR count). The van der Waals surface area contributed by atoms with Gasteiger partial charge in [0, 0.05) is 30.5 Å². The number of hydrogen-bond donors (Lipinski definition) is 1. The predicted octanol–water partition coefficient (Wildman–Crippen LogP) is 3.42. The van der Waals surface area contributed by atoms with E-state index in [1.165, 1.54) is 11.0 Å². The number of benzene rings is 1. The summed E-state index contributed by atoms with van der Waals surface area (Å²) in [6.07, 6.45) is 4.04. The predicted molar refractivity (Wildman–Crippen MR) is 95.3 cm³/mol. The van der Waals surface area contributed by atoms with Crippen LogP contribution in [0.5, 0.6) is 0 Å². The Labute approximate surface area is 150 Å². The highest BCUT2D eigenvalue weighted by molar-refractivity contribution is 6.42. The van der Waals surface area contributed by atoms with E-state index >= 15 is 0 Å². The number of aromatic nitrogens is 1. The first kappa shape index (κ1) is 18.2. The van der Waals surface area contributed by atoms with E-state index in [4.69, 9.17) is 23.2 Å². The molecular formula is C17H17Cl2N3O2. The fraction of sp³-hybridized carbons (Fsp3) is 0.235. The summed E-state index contributed by atoms with van der Waals surface area (Å²) in [7, 11) is 0. The molecule has 0 radical (unpaired) electrons. The van der Waals surface area contributed by atoms with Gasteiger partial charge in [0.05, 0.1) is 10.7 Å². The van der Waals surface area contributed by atoms with Gasteiger partial charge in [-0.15, -0.1) is 0 Å². The zero-order valence-corrected chi connectivity index (χ0v) is 14.6. The number of anilines is 1. The van der Waals surface area contributed by atoms with Gasteiger partial charge in [-0.2, -0.15) is 0 Å². The lowest BCUT2D eigenvalue weighted by molar-refractivity contribution is -0.143. The van der Waals surface area contributed by atoms with Gasteiger partial charge >= 0.3 is 11.8 Å². The minimum atomic E-state index is -0.740. The molecule has 0 aliphatic heterocycles. The standard InChI is InChI=1S/C17H17Cl2N3O2/c1-2-22(10-7-12-5-8-20-9-6-12)17(24)16(23)21-15-11-13(18)3-4-14(15)19/h3-6,8-9,11H,2,7,10H2,1H3,(H,21,23). The maximum Gasteiger partial charge on any atom is 0.313 e. The Morgan fingerprint density at radius 1 is 1.17 bits per heavy atom. The number of carbonyl (C=O) groups is 2. The summed E-state index contributed by atoms with van der Waals surface area (Å²) in [5.41, 5.74) is 1.36. The number of nitrogens with one attached hydrogen (secondary N) is 1. The van der Waals surface area contributed by atoms with Gasteiger partial charge in [-0.3, -0.25) is 14.6 Å². The molecule has 0 saturated carbocycles. The highest BCUT2D eigenvalue weighted by Gasteiger charge is 2.21. The number of hydrogen-bond acceptors (Lipinski definition) is 3. The van der Waals surface area contributed by atoms with Crippen molar-refractivity contribution in [3.8, 4) is 0 Å². The molecule has 1 aromatic heterocycles. The Morgan fingerprint density at radius 2 is 1.88 bits per heavy atom. The molecule has 1 N–H and O–H groups in total. The van der Waals surface area contributed by atoms with E-state index in [2.05, 4.69) is 10.3 Å². The Morgan fingerprint density at radius 3 is 2.54 bits per heavy atom. The molecule has 5 nitrogen and oxygen atoms in total. The van der Waals surface area contributed by atoms with Crippen molar-refractivity contribution in [2.45, 2.75) is 13.3 Å². The molecule has 0 bridgehead atoms. The maximum absolute atomic E-state index is 12.3. The van der Waals surface area contributed by atoms with Crippen LogP contribution in [0, 0.1) is 0 Å². The van der Waals surface area contributed by atoms with Crippen molar-refractivity contribution in [2.75, 3.05) is 18.4 Å². The third-order valence-corrected chi connectivity index (χ3v) is 4.02. The lowest BCUT2D eigenvalue weighted by Gasteiger charge is -2.20. The van der Waals surface area contributed by atoms with E-state index in [1.807, 2.05) is 19.1 Å². The van der Waals surface area contributed by atoms with Crippen molar-refractivity contribution in [3.05, 3.63) is 58.3 Å². The van der Waals surface area contributed by atoms with Crippen molar-refractivity contribution in [2.24, 2.45) is 0 Å². The van der Waals surface area contributed by atoms with E-state index in [0.717, 1.165) is 5.56 Å². The Balaban J connectivity index is 1.99. The molecule has 126 valence electrons. The number of pyridine rings is 1. The van der Waals surface area contributed by atoms with E-state index in [9.17, 15) is 9.59 Å². The minimum Gasteiger partial charge on any atom is -0.334 e. The SMILES string of the molecule is CCN(CCc1ccncc1)C(=O)C(=O)Nc1cc(Cl)ccc1Cl. The lowest BCUT2D eigenvalue weighted by atomic mass is 10.2. The highest BCUT2D eigenvalue weighted by atomic mass is 35.5. The highest BCUT2D eigenvalue weighted by Crippen LogP contribution is 2.25. The first-order chi connectivity index (χ1) is 11.5. The van der Waals surface area contributed by atoms with Crippen LogP contribution in [0.2, 0.25) is 10.0 Å². The van der Waals surface area contributed by atoms with E-state index in [0.29, 0.717) is 35.2 Å². The summed E-state index contributed by atoms with van der Waals surface area (Å²) in [6.45, 7) is 2.70. The van der Waals surface area contributed by atoms with E-state index in [1.54, 1.807) is 24.5 Å². The minimum absolute atomic E-state index is 0.313. The zero-order chi connectivity index (χ0) is 17.5. The van der Waals surface area contributed by atoms with Crippen molar-refractivity contribution < 1.29 is 9.59 Å². The van der Waals surface area contributed by atoms with Crippen molar-refractivity contribution in [3.63, 3.8) is 0 Å². The maximum atomic E-state index is 12.3. The first-order valence-electron chi connectivity index (χ1n) is 7.45. The number of nitrogens with zero attached hydrogens (tertiary/aromatic N) is 2. The van der Waals surface area contributed by atoms with Crippen LogP contribution in [0.15, 0.2) is 42.7 Å². The molecule has 0 aliphatic rings. The topological polar surface area (TPSA) is 62.3 Å². The van der Waals surface area contributed by atoms with Crippen LogP contribution in [0.1, 0.15) is 12.5 Å². The molecule has 2 amide bonds. The van der Waals surface area contributed by atoms with Gasteiger partial charge in [0.15, 0.2) is 0 Å². The molecule has 0 aliphatic carbocycles. The molecule has 0 unspecified atom stereocenters. The van der Waals surface area contributed by atoms with Gasteiger partial charge in [-0.25, -0.2) is 0 Å². The molecule has 2 aromatic rings. The summed E-state index contributed by atoms with van der Waals surface area (Å²) in [4.78, 5) is 29.9. The summed E-state index contributed by atoms with van der Waals surface area (Å²) >= 11 is 11.9. The van der Waals surface area contributed by atoms with Crippen LogP contribution in [0.25, 0.3) is 0 Å². The van der Waals surface area contributed by atoms with E-state index in [-0.39, 0.29) is 0 Å². The molecule has 1 heterocycles. The first-order valence-corrected chi connectivity index (χ1v) is 8.21. The molecule has 0 spiro atoms. The second-order valence-electron chi connectivity index (χ2n) is 5.07. The monoisotopic (exact) mass is 365 g/mol. The van der Waals surface area contributed by atoms with Crippen molar-refractivity contribution >= 4 is 40.7 Å². The van der Waals surface area contributed by atoms with Crippen LogP contribution in [-0.4, -0.2) is 34.8 Å². The van der Waals surface area contributed by atoms with E-state index < -0.39 is 11.8 Å². The summed E-state index contributed by atoms with van der Waals surface area (Å²) in [6, 6.07) is 8.43. The van der Waals surface area contributed by atoms with Gasteiger partial charge < -0.3 is 10.2 Å². The number of likely N-dealkylation sites (N-methyl/N-ethyl adjacent to an activating group) is 1. The van der Waals surface area contributed by atoms with Gasteiger partial charge in [-0.1, -0.05) is 23.2 Å². The molecule has 24 heavy (non-hydrogen) atoms. The fourth-order valence-corrected chi connectivity index (χ4v) is 2.47. The summed E-state index contributed by atoms with van der Waals surface area (Å²) in [5, 5.41) is 3.25. The van der Waals surface area contributed by atoms with Crippen LogP contribution >= 0.6 is 23.2 Å². The largest absolute Gasteiger partial charge is 0.334 e. The number of amides is 2. The Kier molecular flexibility index (Phi) is 6.58. The third-order valence-electron chi connectivity index (χ3n) is 3.46. The second-order valence-corrected chi connectivity index (χ2v) is 5.91. The van der Waals surface area contributed by atoms with Gasteiger partial charge in [0.25, 0.3) is 0 Å².